The van der Waals surface area contributed by atoms with Crippen molar-refractivity contribution in [3.05, 3.63) is 70.2 Å². The molecule has 2 aliphatic heterocycles. The second kappa shape index (κ2) is 14.9. The third-order valence-corrected chi connectivity index (χ3v) is 9.65. The molecule has 11 nitrogen and oxygen atoms in total. The van der Waals surface area contributed by atoms with Crippen LogP contribution < -0.4 is 16.0 Å². The van der Waals surface area contributed by atoms with Gasteiger partial charge in [-0.25, -0.2) is 0 Å². The number of oxime groups is 1. The van der Waals surface area contributed by atoms with E-state index in [9.17, 15) is 24.3 Å². The van der Waals surface area contributed by atoms with Crippen molar-refractivity contribution in [2.24, 2.45) is 10.6 Å². The van der Waals surface area contributed by atoms with Crippen LogP contribution in [0.2, 0.25) is 0 Å². The predicted molar refractivity (Wildman–Crippen MR) is 185 cm³/mol. The Morgan fingerprint density at radius 1 is 1.10 bits per heavy atom. The third kappa shape index (κ3) is 8.51. The highest BCUT2D eigenvalue weighted by atomic mass is 79.9. The standard InChI is InChI=1S/C36H46BrN5O6/c1-5-10-26(30(44)33(46)39-25-15-16-25)40-32(45)28-19-36(18-27(41-48-36)23-13-9-14-24(37)17-23)21-42(28)34(47)31(35(2,3)4)38-20-29(43)22-11-7-6-8-12-22/h6-9,11-14,17,25-26,28,30-31,38,44H,5,10,15-16,18-21H2,1-4H3,(H,39,46)(H,40,45)/t26?,28-,30?,31+,36+/m0/s1. The van der Waals surface area contributed by atoms with E-state index in [2.05, 4.69) is 37.0 Å². The number of aliphatic hydroxyl groups is 1. The summed E-state index contributed by atoms with van der Waals surface area (Å²) in [7, 11) is 0. The molecule has 2 fully saturated rings. The number of nitrogens with one attached hydrogen (secondary N) is 3. The number of hydrogen-bond acceptors (Lipinski definition) is 8. The Labute approximate surface area is 290 Å². The second-order valence-corrected chi connectivity index (χ2v) is 15.2. The van der Waals surface area contributed by atoms with Crippen LogP contribution in [0, 0.1) is 5.41 Å². The Bertz CT molecular complexity index is 1540. The number of carbonyl (C=O) groups excluding carboxylic acids is 4. The minimum atomic E-state index is -1.43. The number of carbonyl (C=O) groups is 4. The molecule has 4 N–H and O–H groups in total. The van der Waals surface area contributed by atoms with E-state index in [0.717, 1.165) is 22.9 Å². The molecule has 1 aliphatic carbocycles. The Morgan fingerprint density at radius 3 is 2.48 bits per heavy atom. The summed E-state index contributed by atoms with van der Waals surface area (Å²) in [5.74, 6) is -1.50. The fraction of sp³-hybridized carbons (Fsp3) is 0.528. The molecule has 48 heavy (non-hydrogen) atoms. The molecule has 5 atom stereocenters. The number of aliphatic hydroxyl groups excluding tert-OH is 1. The topological polar surface area (TPSA) is 149 Å². The lowest BCUT2D eigenvalue weighted by molar-refractivity contribution is -0.143. The van der Waals surface area contributed by atoms with Crippen molar-refractivity contribution in [1.82, 2.24) is 20.9 Å². The maximum atomic E-state index is 14.5. The predicted octanol–water partition coefficient (Wildman–Crippen LogP) is 3.72. The maximum absolute atomic E-state index is 14.5. The highest BCUT2D eigenvalue weighted by Gasteiger charge is 2.55. The molecule has 0 radical (unpaired) electrons. The van der Waals surface area contributed by atoms with Crippen LogP contribution in [0.5, 0.6) is 0 Å². The van der Waals surface area contributed by atoms with Gasteiger partial charge in [-0.05, 0) is 36.8 Å². The van der Waals surface area contributed by atoms with Crippen LogP contribution in [0.1, 0.15) is 82.1 Å². The summed E-state index contributed by atoms with van der Waals surface area (Å²) in [4.78, 5) is 62.1. The average Bonchev–Trinajstić information content (AvgIpc) is 3.64. The highest BCUT2D eigenvalue weighted by molar-refractivity contribution is 9.10. The van der Waals surface area contributed by atoms with Gasteiger partial charge in [0.15, 0.2) is 17.5 Å². The first kappa shape index (κ1) is 35.7. The molecule has 1 saturated heterocycles. The van der Waals surface area contributed by atoms with Gasteiger partial charge in [-0.1, -0.05) is 97.7 Å². The molecule has 258 valence electrons. The van der Waals surface area contributed by atoms with Gasteiger partial charge in [0.05, 0.1) is 30.9 Å². The van der Waals surface area contributed by atoms with Crippen molar-refractivity contribution < 1.29 is 29.1 Å². The third-order valence-electron chi connectivity index (χ3n) is 9.16. The molecule has 2 aromatic rings. The van der Waals surface area contributed by atoms with Gasteiger partial charge in [-0.3, -0.25) is 24.5 Å². The van der Waals surface area contributed by atoms with Gasteiger partial charge in [-0.2, -0.15) is 0 Å². The van der Waals surface area contributed by atoms with Gasteiger partial charge < -0.3 is 25.5 Å². The van der Waals surface area contributed by atoms with Gasteiger partial charge in [0.25, 0.3) is 5.91 Å². The number of benzene rings is 2. The second-order valence-electron chi connectivity index (χ2n) is 14.3. The van der Waals surface area contributed by atoms with Crippen molar-refractivity contribution in [2.45, 2.75) is 102 Å². The number of hydrogen-bond donors (Lipinski definition) is 4. The Balaban J connectivity index is 1.39. The Morgan fingerprint density at radius 2 is 1.83 bits per heavy atom. The van der Waals surface area contributed by atoms with E-state index >= 15 is 0 Å². The molecule has 1 spiro atoms. The summed E-state index contributed by atoms with van der Waals surface area (Å²) in [6.45, 7) is 7.65. The summed E-state index contributed by atoms with van der Waals surface area (Å²) < 4.78 is 0.888. The zero-order chi connectivity index (χ0) is 34.6. The van der Waals surface area contributed by atoms with Crippen molar-refractivity contribution in [1.29, 1.82) is 0 Å². The first-order valence-electron chi connectivity index (χ1n) is 16.7. The fourth-order valence-corrected chi connectivity index (χ4v) is 6.80. The van der Waals surface area contributed by atoms with Crippen LogP contribution >= 0.6 is 15.9 Å². The van der Waals surface area contributed by atoms with Gasteiger partial charge in [-0.15, -0.1) is 0 Å². The molecular formula is C36H46BrN5O6. The molecule has 5 rings (SSSR count). The van der Waals surface area contributed by atoms with Crippen molar-refractivity contribution >= 4 is 45.1 Å². The van der Waals surface area contributed by atoms with E-state index in [0.29, 0.717) is 30.5 Å². The number of rotatable bonds is 13. The minimum absolute atomic E-state index is 0.0579. The number of ketones is 1. The molecule has 0 bridgehead atoms. The molecule has 0 aromatic heterocycles. The lowest BCUT2D eigenvalue weighted by Gasteiger charge is -2.36. The summed E-state index contributed by atoms with van der Waals surface area (Å²) >= 11 is 3.51. The largest absolute Gasteiger partial charge is 0.387 e. The molecule has 1 saturated carbocycles. The number of likely N-dealkylation sites (tertiary alicyclic amines) is 1. The van der Waals surface area contributed by atoms with Gasteiger partial charge in [0.1, 0.15) is 6.04 Å². The first-order valence-corrected chi connectivity index (χ1v) is 17.5. The van der Waals surface area contributed by atoms with Crippen LogP contribution in [-0.4, -0.2) is 88.2 Å². The Hall–Kier alpha value is -3.61. The number of amides is 3. The minimum Gasteiger partial charge on any atom is -0.387 e. The van der Waals surface area contributed by atoms with Crippen LogP contribution in [0.4, 0.5) is 0 Å². The van der Waals surface area contributed by atoms with Crippen LogP contribution in [-0.2, 0) is 19.2 Å². The van der Waals surface area contributed by atoms with Gasteiger partial charge in [0, 0.05) is 34.5 Å². The SMILES string of the molecule is CCCC(NC(=O)[C@@H]1C[C@]2(CC(c3cccc(Br)c3)=NO2)CN1C(=O)[C@@H](NCC(=O)c1ccccc1)C(C)(C)C)C(O)C(=O)NC1CC1. The molecule has 2 unspecified atom stereocenters. The average molecular weight is 725 g/mol. The van der Waals surface area contributed by atoms with Crippen molar-refractivity contribution in [2.75, 3.05) is 13.1 Å². The fourth-order valence-electron chi connectivity index (χ4n) is 6.40. The van der Waals surface area contributed by atoms with E-state index in [4.69, 9.17) is 4.84 Å². The summed E-state index contributed by atoms with van der Waals surface area (Å²) in [5.41, 5.74) is 0.527. The van der Waals surface area contributed by atoms with Gasteiger partial charge >= 0.3 is 0 Å². The molecule has 3 amide bonds. The van der Waals surface area contributed by atoms with Crippen LogP contribution in [0.15, 0.2) is 64.2 Å². The smallest absolute Gasteiger partial charge is 0.251 e. The van der Waals surface area contributed by atoms with Crippen LogP contribution in [0.3, 0.4) is 0 Å². The van der Waals surface area contributed by atoms with E-state index in [-0.39, 0.29) is 37.2 Å². The normalized spacial score (nSPS) is 22.4. The lowest BCUT2D eigenvalue weighted by Crippen LogP contribution is -2.59. The quantitative estimate of drug-likeness (QED) is 0.230. The van der Waals surface area contributed by atoms with E-state index < -0.39 is 47.1 Å². The van der Waals surface area contributed by atoms with Crippen LogP contribution in [0.25, 0.3) is 0 Å². The molecular weight excluding hydrogens is 678 g/mol. The lowest BCUT2D eigenvalue weighted by atomic mass is 9.85. The first-order chi connectivity index (χ1) is 22.8. The van der Waals surface area contributed by atoms with Crippen molar-refractivity contribution in [3.63, 3.8) is 0 Å². The molecule has 12 heteroatoms. The zero-order valence-corrected chi connectivity index (χ0v) is 29.6. The van der Waals surface area contributed by atoms with Gasteiger partial charge in [0.2, 0.25) is 11.8 Å². The van der Waals surface area contributed by atoms with Crippen molar-refractivity contribution in [3.8, 4) is 0 Å². The monoisotopic (exact) mass is 723 g/mol. The zero-order valence-electron chi connectivity index (χ0n) is 28.0. The highest BCUT2D eigenvalue weighted by Crippen LogP contribution is 2.40. The van der Waals surface area contributed by atoms with E-state index in [1.165, 1.54) is 4.90 Å². The summed E-state index contributed by atoms with van der Waals surface area (Å²) in [6.07, 6.45) is 1.83. The maximum Gasteiger partial charge on any atom is 0.251 e. The van der Waals surface area contributed by atoms with E-state index in [1.54, 1.807) is 24.3 Å². The molecule has 3 aliphatic rings. The molecule has 2 aromatic carbocycles. The Kier molecular flexibility index (Phi) is 11.1. The molecule has 2 heterocycles. The summed E-state index contributed by atoms with van der Waals surface area (Å²) in [6, 6.07) is 14.0. The number of Topliss-reactive ketones (excluding diaryl/α,β-unsaturated/α-hetero) is 1. The van der Waals surface area contributed by atoms with E-state index in [1.807, 2.05) is 58.0 Å². The summed E-state index contributed by atoms with van der Waals surface area (Å²) in [5, 5.41) is 24.3. The number of halogens is 1. The number of nitrogens with zero attached hydrogens (tertiary/aromatic N) is 2.